The van der Waals surface area contributed by atoms with Crippen LogP contribution in [0.15, 0.2) is 65.6 Å². The van der Waals surface area contributed by atoms with E-state index in [0.717, 1.165) is 9.87 Å². The average Bonchev–Trinajstić information content (AvgIpc) is 2.91. The number of nitrogens with one attached hydrogen (secondary N) is 2. The van der Waals surface area contributed by atoms with Crippen molar-refractivity contribution in [3.8, 4) is 17.2 Å². The van der Waals surface area contributed by atoms with Crippen LogP contribution in [0, 0.1) is 6.92 Å². The van der Waals surface area contributed by atoms with Crippen LogP contribution in [0.5, 0.6) is 17.2 Å². The molecule has 0 aliphatic carbocycles. The number of aryl methyl sites for hydroxylation is 1. The summed E-state index contributed by atoms with van der Waals surface area (Å²) in [5.41, 5.74) is 1.70. The number of amides is 1. The number of carbonyl (C=O) groups is 1. The molecule has 3 aromatic carbocycles. The van der Waals surface area contributed by atoms with Gasteiger partial charge in [-0.2, -0.15) is 0 Å². The van der Waals surface area contributed by atoms with Crippen molar-refractivity contribution in [3.05, 3.63) is 66.2 Å². The Balaban J connectivity index is 1.48. The molecular formula is C26H29N3O8S2. The van der Waals surface area contributed by atoms with Crippen molar-refractivity contribution in [1.82, 2.24) is 0 Å². The van der Waals surface area contributed by atoms with Gasteiger partial charge in [0, 0.05) is 11.8 Å². The minimum atomic E-state index is -3.95. The van der Waals surface area contributed by atoms with Crippen molar-refractivity contribution < 1.29 is 35.8 Å². The van der Waals surface area contributed by atoms with E-state index in [-0.39, 0.29) is 16.3 Å². The number of ether oxygens (including phenoxy) is 3. The number of anilines is 3. The zero-order valence-corrected chi connectivity index (χ0v) is 23.3. The number of rotatable bonds is 10. The van der Waals surface area contributed by atoms with E-state index < -0.39 is 32.5 Å². The van der Waals surface area contributed by atoms with Gasteiger partial charge in [0.15, 0.2) is 11.5 Å². The predicted octanol–water partition coefficient (Wildman–Crippen LogP) is 3.37. The topological polar surface area (TPSA) is 140 Å². The Hall–Kier alpha value is -3.97. The van der Waals surface area contributed by atoms with Crippen LogP contribution in [0.3, 0.4) is 0 Å². The SMILES string of the molecule is CCS(=O)(=O)N(CC(=O)Nc1ccc(S(=O)(=O)Nc2cc(C)ccc2OC)cc1)c1ccc2c(c1)OCCO2. The van der Waals surface area contributed by atoms with Crippen LogP contribution in [-0.2, 0) is 24.8 Å². The van der Waals surface area contributed by atoms with Gasteiger partial charge >= 0.3 is 0 Å². The van der Waals surface area contributed by atoms with Gasteiger partial charge in [0.05, 0.1) is 29.1 Å². The Morgan fingerprint density at radius 1 is 0.949 bits per heavy atom. The van der Waals surface area contributed by atoms with Crippen LogP contribution < -0.4 is 28.6 Å². The molecule has 0 bridgehead atoms. The summed E-state index contributed by atoms with van der Waals surface area (Å²) >= 11 is 0. The van der Waals surface area contributed by atoms with Crippen LogP contribution in [0.2, 0.25) is 0 Å². The molecule has 0 unspecified atom stereocenters. The lowest BCUT2D eigenvalue weighted by Gasteiger charge is -2.25. The number of fused-ring (bicyclic) bond motifs is 1. The number of hydrogen-bond acceptors (Lipinski definition) is 8. The van der Waals surface area contributed by atoms with E-state index in [1.165, 1.54) is 44.4 Å². The molecule has 11 nitrogen and oxygen atoms in total. The van der Waals surface area contributed by atoms with Gasteiger partial charge < -0.3 is 19.5 Å². The molecule has 0 radical (unpaired) electrons. The molecule has 0 saturated carbocycles. The lowest BCUT2D eigenvalue weighted by molar-refractivity contribution is -0.114. The second-order valence-electron chi connectivity index (χ2n) is 8.62. The Kier molecular flexibility index (Phi) is 8.21. The standard InChI is InChI=1S/C26H29N3O8S2/c1-4-38(31,32)29(20-8-12-24-25(16-20)37-14-13-36-24)17-26(30)27-19-6-9-21(10-7-19)39(33,34)28-22-15-18(2)5-11-23(22)35-3/h5-12,15-16,28H,4,13-14,17H2,1-3H3,(H,27,30). The molecule has 1 aliphatic rings. The highest BCUT2D eigenvalue weighted by atomic mass is 32.2. The van der Waals surface area contributed by atoms with Crippen molar-refractivity contribution >= 4 is 43.0 Å². The summed E-state index contributed by atoms with van der Waals surface area (Å²) in [5, 5.41) is 2.62. The number of sulfonamides is 2. The molecule has 0 saturated heterocycles. The number of carbonyl (C=O) groups excluding carboxylic acids is 1. The summed E-state index contributed by atoms with van der Waals surface area (Å²) in [6.07, 6.45) is 0. The lowest BCUT2D eigenvalue weighted by Crippen LogP contribution is -2.39. The van der Waals surface area contributed by atoms with Gasteiger partial charge in [0.1, 0.15) is 25.5 Å². The van der Waals surface area contributed by atoms with E-state index in [2.05, 4.69) is 10.0 Å². The second-order valence-corrected chi connectivity index (χ2v) is 12.5. The molecule has 13 heteroatoms. The van der Waals surface area contributed by atoms with Gasteiger partial charge in [0.2, 0.25) is 15.9 Å². The molecule has 1 amide bonds. The number of methoxy groups -OCH3 is 1. The fraction of sp³-hybridized carbons (Fsp3) is 0.269. The first kappa shape index (κ1) is 28.0. The molecule has 0 aromatic heterocycles. The van der Waals surface area contributed by atoms with Crippen LogP contribution in [0.1, 0.15) is 12.5 Å². The van der Waals surface area contributed by atoms with Gasteiger partial charge in [-0.05, 0) is 67.9 Å². The minimum absolute atomic E-state index is 0.0319. The van der Waals surface area contributed by atoms with Crippen LogP contribution >= 0.6 is 0 Å². The molecule has 208 valence electrons. The predicted molar refractivity (Wildman–Crippen MR) is 148 cm³/mol. The van der Waals surface area contributed by atoms with E-state index in [0.29, 0.717) is 41.8 Å². The molecule has 4 rings (SSSR count). The maximum atomic E-state index is 12.9. The first-order valence-electron chi connectivity index (χ1n) is 12.0. The normalized spacial score (nSPS) is 12.9. The Morgan fingerprint density at radius 3 is 2.31 bits per heavy atom. The second kappa shape index (κ2) is 11.4. The first-order chi connectivity index (χ1) is 18.5. The monoisotopic (exact) mass is 575 g/mol. The van der Waals surface area contributed by atoms with E-state index in [9.17, 15) is 21.6 Å². The highest BCUT2D eigenvalue weighted by Gasteiger charge is 2.26. The van der Waals surface area contributed by atoms with E-state index in [1.54, 1.807) is 30.3 Å². The summed E-state index contributed by atoms with van der Waals surface area (Å²) in [5.74, 6) is 0.427. The third-order valence-corrected chi connectivity index (χ3v) is 8.97. The number of nitrogens with zero attached hydrogens (tertiary/aromatic N) is 1. The summed E-state index contributed by atoms with van der Waals surface area (Å²) in [6, 6.07) is 15.3. The molecule has 1 aliphatic heterocycles. The molecule has 39 heavy (non-hydrogen) atoms. The van der Waals surface area contributed by atoms with E-state index >= 15 is 0 Å². The zero-order chi connectivity index (χ0) is 28.2. The molecular weight excluding hydrogens is 546 g/mol. The maximum absolute atomic E-state index is 12.9. The maximum Gasteiger partial charge on any atom is 0.262 e. The quantitative estimate of drug-likeness (QED) is 0.375. The summed E-state index contributed by atoms with van der Waals surface area (Å²) in [4.78, 5) is 12.8. The summed E-state index contributed by atoms with van der Waals surface area (Å²) < 4.78 is 71.2. The first-order valence-corrected chi connectivity index (χ1v) is 15.1. The Morgan fingerprint density at radius 2 is 1.64 bits per heavy atom. The van der Waals surface area contributed by atoms with Gasteiger partial charge in [0.25, 0.3) is 10.0 Å². The third kappa shape index (κ3) is 6.55. The van der Waals surface area contributed by atoms with Crippen molar-refractivity contribution in [3.63, 3.8) is 0 Å². The van der Waals surface area contributed by atoms with Crippen LogP contribution in [-0.4, -0.2) is 55.4 Å². The largest absolute Gasteiger partial charge is 0.495 e. The molecule has 0 spiro atoms. The van der Waals surface area contributed by atoms with Crippen LogP contribution in [0.4, 0.5) is 17.1 Å². The average molecular weight is 576 g/mol. The summed E-state index contributed by atoms with van der Waals surface area (Å²) in [7, 11) is -6.31. The van der Waals surface area contributed by atoms with Gasteiger partial charge in [-0.3, -0.25) is 13.8 Å². The number of benzene rings is 3. The lowest BCUT2D eigenvalue weighted by atomic mass is 10.2. The molecule has 2 N–H and O–H groups in total. The highest BCUT2D eigenvalue weighted by Crippen LogP contribution is 2.35. The zero-order valence-electron chi connectivity index (χ0n) is 21.6. The van der Waals surface area contributed by atoms with Crippen molar-refractivity contribution in [2.24, 2.45) is 0 Å². The Bertz CT molecular complexity index is 1570. The third-order valence-electron chi connectivity index (χ3n) is 5.85. The van der Waals surface area contributed by atoms with E-state index in [4.69, 9.17) is 14.2 Å². The van der Waals surface area contributed by atoms with Gasteiger partial charge in [-0.1, -0.05) is 6.07 Å². The van der Waals surface area contributed by atoms with Crippen molar-refractivity contribution in [1.29, 1.82) is 0 Å². The molecule has 1 heterocycles. The fourth-order valence-corrected chi connectivity index (χ4v) is 5.97. The molecule has 3 aromatic rings. The number of hydrogen-bond donors (Lipinski definition) is 2. The Labute approximate surface area is 227 Å². The van der Waals surface area contributed by atoms with Crippen molar-refractivity contribution in [2.45, 2.75) is 18.7 Å². The molecule has 0 atom stereocenters. The fourth-order valence-electron chi connectivity index (χ4n) is 3.85. The van der Waals surface area contributed by atoms with Crippen LogP contribution in [0.25, 0.3) is 0 Å². The van der Waals surface area contributed by atoms with Crippen molar-refractivity contribution in [2.75, 3.05) is 47.0 Å². The molecule has 0 fully saturated rings. The van der Waals surface area contributed by atoms with E-state index in [1.807, 2.05) is 6.92 Å². The smallest absolute Gasteiger partial charge is 0.262 e. The minimum Gasteiger partial charge on any atom is -0.495 e. The summed E-state index contributed by atoms with van der Waals surface area (Å²) in [6.45, 7) is 3.54. The van der Waals surface area contributed by atoms with Gasteiger partial charge in [-0.15, -0.1) is 0 Å². The highest BCUT2D eigenvalue weighted by molar-refractivity contribution is 7.93. The van der Waals surface area contributed by atoms with Gasteiger partial charge in [-0.25, -0.2) is 16.8 Å².